The van der Waals surface area contributed by atoms with Crippen molar-refractivity contribution >= 4 is 11.8 Å². The number of fused-ring (bicyclic) bond motifs is 5. The number of ketones is 1. The Morgan fingerprint density at radius 1 is 1.11 bits per heavy atom. The van der Waals surface area contributed by atoms with E-state index in [2.05, 4.69) is 20.8 Å². The fourth-order valence-corrected chi connectivity index (χ4v) is 7.24. The van der Waals surface area contributed by atoms with Gasteiger partial charge in [0.05, 0.1) is 0 Å². The summed E-state index contributed by atoms with van der Waals surface area (Å²) in [5.41, 5.74) is 1.82. The second-order valence-electron chi connectivity index (χ2n) is 10.2. The number of rotatable bonds is 4. The van der Waals surface area contributed by atoms with Crippen molar-refractivity contribution < 1.29 is 14.3 Å². The third-order valence-corrected chi connectivity index (χ3v) is 8.88. The van der Waals surface area contributed by atoms with Crippen LogP contribution in [0.3, 0.4) is 0 Å². The van der Waals surface area contributed by atoms with Crippen LogP contribution < -0.4 is 0 Å². The van der Waals surface area contributed by atoms with Crippen LogP contribution in [0.25, 0.3) is 0 Å². The molecule has 0 spiro atoms. The Labute approximate surface area is 164 Å². The average molecular weight is 373 g/mol. The highest BCUT2D eigenvalue weighted by molar-refractivity contribution is 5.91. The fourth-order valence-electron chi connectivity index (χ4n) is 7.24. The van der Waals surface area contributed by atoms with Gasteiger partial charge in [0.2, 0.25) is 0 Å². The average Bonchev–Trinajstić information content (AvgIpc) is 2.97. The van der Waals surface area contributed by atoms with Crippen LogP contribution >= 0.6 is 0 Å². The molecule has 0 saturated heterocycles. The van der Waals surface area contributed by atoms with Crippen molar-refractivity contribution in [3.05, 3.63) is 11.6 Å². The molecular formula is C24H36O3. The highest BCUT2D eigenvalue weighted by Crippen LogP contribution is 2.65. The molecule has 3 saturated carbocycles. The van der Waals surface area contributed by atoms with Crippen LogP contribution in [0.2, 0.25) is 0 Å². The van der Waals surface area contributed by atoms with Crippen molar-refractivity contribution in [1.82, 2.24) is 0 Å². The number of esters is 1. The molecule has 3 nitrogen and oxygen atoms in total. The zero-order chi connectivity index (χ0) is 19.2. The van der Waals surface area contributed by atoms with E-state index < -0.39 is 0 Å². The highest BCUT2D eigenvalue weighted by atomic mass is 16.5. The first-order chi connectivity index (χ1) is 12.9. The van der Waals surface area contributed by atoms with Gasteiger partial charge >= 0.3 is 5.97 Å². The number of hydrogen-bond acceptors (Lipinski definition) is 3. The quantitative estimate of drug-likeness (QED) is 0.602. The molecule has 3 fully saturated rings. The van der Waals surface area contributed by atoms with Crippen molar-refractivity contribution in [2.24, 2.45) is 28.6 Å². The molecule has 27 heavy (non-hydrogen) atoms. The minimum atomic E-state index is 0.0115. The zero-order valence-corrected chi connectivity index (χ0v) is 17.4. The molecule has 4 rings (SSSR count). The van der Waals surface area contributed by atoms with Gasteiger partial charge in [-0.25, -0.2) is 0 Å². The standard InChI is InChI=1S/C24H36O3/c1-4-5-6-22(26)27-21-10-9-19-18-8-7-16-15-17(25)11-13-23(16,2)20(18)12-14-24(19,21)3/h15,18-21H,4-14H2,1-3H3/t18-,19-,20+,21+,23+,24+/m1/s1. The van der Waals surface area contributed by atoms with Crippen molar-refractivity contribution in [3.63, 3.8) is 0 Å². The van der Waals surface area contributed by atoms with Gasteiger partial charge in [-0.2, -0.15) is 0 Å². The van der Waals surface area contributed by atoms with E-state index in [4.69, 9.17) is 4.74 Å². The number of allylic oxidation sites excluding steroid dienone is 1. The van der Waals surface area contributed by atoms with Gasteiger partial charge in [0.25, 0.3) is 0 Å². The first kappa shape index (κ1) is 19.2. The van der Waals surface area contributed by atoms with Crippen molar-refractivity contribution in [2.75, 3.05) is 0 Å². The SMILES string of the molecule is CCCCC(=O)O[C@H]1CC[C@@H]2[C@H]3CCC4=CC(=O)CC[C@]4(C)[C@H]3CC[C@]12C. The summed E-state index contributed by atoms with van der Waals surface area (Å²) in [4.78, 5) is 24.2. The van der Waals surface area contributed by atoms with Gasteiger partial charge in [0.15, 0.2) is 5.78 Å². The fraction of sp³-hybridized carbons (Fsp3) is 0.833. The van der Waals surface area contributed by atoms with Gasteiger partial charge in [-0.15, -0.1) is 0 Å². The molecular weight excluding hydrogens is 336 g/mol. The van der Waals surface area contributed by atoms with E-state index in [9.17, 15) is 9.59 Å². The molecule has 150 valence electrons. The number of hydrogen-bond donors (Lipinski definition) is 0. The molecule has 0 amide bonds. The van der Waals surface area contributed by atoms with Crippen molar-refractivity contribution in [1.29, 1.82) is 0 Å². The summed E-state index contributed by atoms with van der Waals surface area (Å²) in [6.45, 7) is 6.95. The predicted octanol–water partition coefficient (Wildman–Crippen LogP) is 5.62. The van der Waals surface area contributed by atoms with Gasteiger partial charge in [0, 0.05) is 18.3 Å². The summed E-state index contributed by atoms with van der Waals surface area (Å²) >= 11 is 0. The Kier molecular flexibility index (Phi) is 5.01. The minimum Gasteiger partial charge on any atom is -0.462 e. The second-order valence-corrected chi connectivity index (χ2v) is 10.2. The first-order valence-electron chi connectivity index (χ1n) is 11.3. The van der Waals surface area contributed by atoms with Gasteiger partial charge in [-0.05, 0) is 80.6 Å². The van der Waals surface area contributed by atoms with Gasteiger partial charge in [-0.3, -0.25) is 9.59 Å². The topological polar surface area (TPSA) is 43.4 Å². The monoisotopic (exact) mass is 372 g/mol. The van der Waals surface area contributed by atoms with E-state index in [-0.39, 0.29) is 22.9 Å². The van der Waals surface area contributed by atoms with Crippen molar-refractivity contribution in [3.8, 4) is 0 Å². The summed E-state index contributed by atoms with van der Waals surface area (Å²) in [6.07, 6.45) is 13.4. The lowest BCUT2D eigenvalue weighted by molar-refractivity contribution is -0.160. The van der Waals surface area contributed by atoms with Crippen LogP contribution in [0, 0.1) is 28.6 Å². The Morgan fingerprint density at radius 3 is 2.70 bits per heavy atom. The lowest BCUT2D eigenvalue weighted by Crippen LogP contribution is -2.51. The maximum Gasteiger partial charge on any atom is 0.306 e. The minimum absolute atomic E-state index is 0.0115. The zero-order valence-electron chi connectivity index (χ0n) is 17.4. The number of ether oxygens (including phenoxy) is 1. The normalized spacial score (nSPS) is 43.4. The number of carbonyl (C=O) groups excluding carboxylic acids is 2. The van der Waals surface area contributed by atoms with E-state index in [1.165, 1.54) is 31.3 Å². The van der Waals surface area contributed by atoms with Crippen LogP contribution in [0.1, 0.15) is 91.4 Å². The molecule has 0 aliphatic heterocycles. The molecule has 0 heterocycles. The molecule has 0 aromatic carbocycles. The van der Waals surface area contributed by atoms with E-state index in [1.807, 2.05) is 6.08 Å². The highest BCUT2D eigenvalue weighted by Gasteiger charge is 2.59. The van der Waals surface area contributed by atoms with E-state index >= 15 is 0 Å². The molecule has 3 heteroatoms. The first-order valence-corrected chi connectivity index (χ1v) is 11.3. The Morgan fingerprint density at radius 2 is 1.93 bits per heavy atom. The number of carbonyl (C=O) groups is 2. The van der Waals surface area contributed by atoms with Crippen LogP contribution in [0.15, 0.2) is 11.6 Å². The maximum absolute atomic E-state index is 12.3. The van der Waals surface area contributed by atoms with Crippen LogP contribution in [-0.2, 0) is 14.3 Å². The van der Waals surface area contributed by atoms with E-state index in [1.54, 1.807) is 0 Å². The van der Waals surface area contributed by atoms with Crippen LogP contribution in [0.5, 0.6) is 0 Å². The third-order valence-electron chi connectivity index (χ3n) is 8.88. The Bertz CT molecular complexity index is 650. The molecule has 0 N–H and O–H groups in total. The summed E-state index contributed by atoms with van der Waals surface area (Å²) in [6, 6.07) is 0. The van der Waals surface area contributed by atoms with Gasteiger partial charge < -0.3 is 4.74 Å². The van der Waals surface area contributed by atoms with Crippen molar-refractivity contribution in [2.45, 2.75) is 97.5 Å². The molecule has 0 radical (unpaired) electrons. The second kappa shape index (κ2) is 7.04. The van der Waals surface area contributed by atoms with Gasteiger partial charge in [-0.1, -0.05) is 32.8 Å². The summed E-state index contributed by atoms with van der Waals surface area (Å²) in [5.74, 6) is 2.46. The summed E-state index contributed by atoms with van der Waals surface area (Å²) in [7, 11) is 0. The Balaban J connectivity index is 1.51. The molecule has 4 aliphatic carbocycles. The predicted molar refractivity (Wildman–Crippen MR) is 106 cm³/mol. The molecule has 0 aromatic rings. The van der Waals surface area contributed by atoms with Gasteiger partial charge in [0.1, 0.15) is 6.10 Å². The summed E-state index contributed by atoms with van der Waals surface area (Å²) < 4.78 is 6.02. The van der Waals surface area contributed by atoms with E-state index in [0.29, 0.717) is 24.0 Å². The smallest absolute Gasteiger partial charge is 0.306 e. The lowest BCUT2D eigenvalue weighted by atomic mass is 9.47. The summed E-state index contributed by atoms with van der Waals surface area (Å²) in [5, 5.41) is 0. The molecule has 0 unspecified atom stereocenters. The largest absolute Gasteiger partial charge is 0.462 e. The molecule has 0 aromatic heterocycles. The van der Waals surface area contributed by atoms with Crippen LogP contribution in [0.4, 0.5) is 0 Å². The Hall–Kier alpha value is -1.12. The van der Waals surface area contributed by atoms with E-state index in [0.717, 1.165) is 44.4 Å². The lowest BCUT2D eigenvalue weighted by Gasteiger charge is -2.57. The molecule has 6 atom stereocenters. The maximum atomic E-state index is 12.3. The number of unbranched alkanes of at least 4 members (excludes halogenated alkanes) is 1. The molecule has 4 aliphatic rings. The molecule has 0 bridgehead atoms. The van der Waals surface area contributed by atoms with Crippen LogP contribution in [-0.4, -0.2) is 17.9 Å². The third kappa shape index (κ3) is 3.09.